The highest BCUT2D eigenvalue weighted by Gasteiger charge is 2.25. The molecule has 20 heavy (non-hydrogen) atoms. The summed E-state index contributed by atoms with van der Waals surface area (Å²) >= 11 is 0. The van der Waals surface area contributed by atoms with Gasteiger partial charge in [-0.05, 0) is 32.9 Å². The molecule has 0 aromatic heterocycles. The minimum Gasteiger partial charge on any atom is -0.375 e. The fraction of sp³-hybridized carbons (Fsp3) is 0.462. The van der Waals surface area contributed by atoms with Crippen molar-refractivity contribution in [3.63, 3.8) is 0 Å². The van der Waals surface area contributed by atoms with Crippen LogP contribution in [-0.2, 0) is 14.8 Å². The van der Waals surface area contributed by atoms with Crippen LogP contribution in [0.15, 0.2) is 23.1 Å². The molecule has 0 radical (unpaired) electrons. The molecule has 1 aromatic rings. The molecule has 0 bridgehead atoms. The second-order valence-corrected chi connectivity index (χ2v) is 6.48. The molecule has 0 atom stereocenters. The van der Waals surface area contributed by atoms with Gasteiger partial charge in [-0.25, -0.2) is 17.5 Å². The Kier molecular flexibility index (Phi) is 5.22. The zero-order valence-electron chi connectivity index (χ0n) is 11.6. The standard InChI is InChI=1S/C13H17FN2O3S/c1-4-19-13(2,3)9-16-20(17,18)12-7-5-6-11(14)10(12)8-15/h5-7,16H,4,9H2,1-3H3. The summed E-state index contributed by atoms with van der Waals surface area (Å²) in [5.74, 6) is -0.862. The summed E-state index contributed by atoms with van der Waals surface area (Å²) < 4.78 is 45.4. The van der Waals surface area contributed by atoms with Gasteiger partial charge in [-0.15, -0.1) is 0 Å². The minimum absolute atomic E-state index is 0.0184. The van der Waals surface area contributed by atoms with Gasteiger partial charge in [0.1, 0.15) is 22.3 Å². The summed E-state index contributed by atoms with van der Waals surface area (Å²) in [5.41, 5.74) is -1.18. The maximum Gasteiger partial charge on any atom is 0.242 e. The van der Waals surface area contributed by atoms with Gasteiger partial charge >= 0.3 is 0 Å². The molecule has 1 N–H and O–H groups in total. The Morgan fingerprint density at radius 1 is 1.45 bits per heavy atom. The average Bonchev–Trinajstić information content (AvgIpc) is 2.36. The Balaban J connectivity index is 3.02. The van der Waals surface area contributed by atoms with Crippen LogP contribution in [0.1, 0.15) is 26.3 Å². The molecule has 7 heteroatoms. The number of nitrogens with zero attached hydrogens (tertiary/aromatic N) is 1. The topological polar surface area (TPSA) is 79.2 Å². The van der Waals surface area contributed by atoms with E-state index >= 15 is 0 Å². The van der Waals surface area contributed by atoms with Gasteiger partial charge in [-0.2, -0.15) is 5.26 Å². The number of hydrogen-bond donors (Lipinski definition) is 1. The Hall–Kier alpha value is -1.49. The first-order chi connectivity index (χ1) is 9.23. The number of benzene rings is 1. The zero-order chi connectivity index (χ0) is 15.4. The third-order valence-electron chi connectivity index (χ3n) is 2.60. The summed E-state index contributed by atoms with van der Waals surface area (Å²) in [6.45, 7) is 5.73. The Bertz CT molecular complexity index is 621. The first-order valence-electron chi connectivity index (χ1n) is 6.06. The number of halogens is 1. The molecular formula is C13H17FN2O3S. The molecule has 0 unspecified atom stereocenters. The summed E-state index contributed by atoms with van der Waals surface area (Å²) in [5, 5.41) is 8.87. The van der Waals surface area contributed by atoms with E-state index in [2.05, 4.69) is 4.72 Å². The van der Waals surface area contributed by atoms with E-state index in [9.17, 15) is 12.8 Å². The summed E-state index contributed by atoms with van der Waals surface area (Å²) in [6, 6.07) is 5.05. The van der Waals surface area contributed by atoms with Crippen LogP contribution in [0.25, 0.3) is 0 Å². The van der Waals surface area contributed by atoms with Crippen molar-refractivity contribution in [3.8, 4) is 6.07 Å². The lowest BCUT2D eigenvalue weighted by Gasteiger charge is -2.24. The first kappa shape index (κ1) is 16.6. The lowest BCUT2D eigenvalue weighted by atomic mass is 10.1. The molecule has 1 aromatic carbocycles. The number of rotatable bonds is 6. The number of hydrogen-bond acceptors (Lipinski definition) is 4. The molecular weight excluding hydrogens is 283 g/mol. The maximum absolute atomic E-state index is 13.4. The quantitative estimate of drug-likeness (QED) is 0.868. The molecule has 0 saturated carbocycles. The van der Waals surface area contributed by atoms with Gasteiger partial charge in [0.15, 0.2) is 0 Å². The second kappa shape index (κ2) is 6.31. The zero-order valence-corrected chi connectivity index (χ0v) is 12.4. The fourth-order valence-corrected chi connectivity index (χ4v) is 2.99. The van der Waals surface area contributed by atoms with E-state index in [0.717, 1.165) is 6.07 Å². The number of sulfonamides is 1. The van der Waals surface area contributed by atoms with Crippen LogP contribution in [0.3, 0.4) is 0 Å². The van der Waals surface area contributed by atoms with Crippen molar-refractivity contribution >= 4 is 10.0 Å². The summed E-state index contributed by atoms with van der Waals surface area (Å²) in [6.07, 6.45) is 0. The van der Waals surface area contributed by atoms with Crippen LogP contribution in [0.4, 0.5) is 4.39 Å². The van der Waals surface area contributed by atoms with Crippen molar-refractivity contribution in [2.75, 3.05) is 13.2 Å². The molecule has 5 nitrogen and oxygen atoms in total. The maximum atomic E-state index is 13.4. The van der Waals surface area contributed by atoms with Crippen LogP contribution in [-0.4, -0.2) is 27.2 Å². The Labute approximate surface area is 118 Å². The molecule has 0 spiro atoms. The molecule has 0 amide bonds. The van der Waals surface area contributed by atoms with Crippen LogP contribution < -0.4 is 4.72 Å². The van der Waals surface area contributed by atoms with E-state index in [4.69, 9.17) is 10.00 Å². The van der Waals surface area contributed by atoms with Gasteiger partial charge in [0.05, 0.1) is 5.60 Å². The predicted molar refractivity (Wildman–Crippen MR) is 72.0 cm³/mol. The highest BCUT2D eigenvalue weighted by molar-refractivity contribution is 7.89. The van der Waals surface area contributed by atoms with Crippen LogP contribution in [0.5, 0.6) is 0 Å². The average molecular weight is 300 g/mol. The highest BCUT2D eigenvalue weighted by Crippen LogP contribution is 2.18. The first-order valence-corrected chi connectivity index (χ1v) is 7.54. The Morgan fingerprint density at radius 3 is 2.65 bits per heavy atom. The van der Waals surface area contributed by atoms with Gasteiger partial charge in [0, 0.05) is 13.2 Å². The largest absolute Gasteiger partial charge is 0.375 e. The highest BCUT2D eigenvalue weighted by atomic mass is 32.2. The summed E-state index contributed by atoms with van der Waals surface area (Å²) in [7, 11) is -3.97. The molecule has 1 rings (SSSR count). The van der Waals surface area contributed by atoms with Crippen molar-refractivity contribution in [1.29, 1.82) is 5.26 Å². The monoisotopic (exact) mass is 300 g/mol. The number of nitriles is 1. The third kappa shape index (κ3) is 4.00. The third-order valence-corrected chi connectivity index (χ3v) is 4.04. The van der Waals surface area contributed by atoms with Crippen molar-refractivity contribution in [1.82, 2.24) is 4.72 Å². The van der Waals surface area contributed by atoms with E-state index in [0.29, 0.717) is 6.61 Å². The van der Waals surface area contributed by atoms with Gasteiger partial charge in [0.2, 0.25) is 10.0 Å². The minimum atomic E-state index is -3.97. The van der Waals surface area contributed by atoms with E-state index in [1.165, 1.54) is 12.1 Å². The molecule has 0 saturated heterocycles. The van der Waals surface area contributed by atoms with Crippen LogP contribution in [0, 0.1) is 17.1 Å². The van der Waals surface area contributed by atoms with Crippen molar-refractivity contribution in [2.24, 2.45) is 0 Å². The van der Waals surface area contributed by atoms with Crippen molar-refractivity contribution < 1.29 is 17.5 Å². The predicted octanol–water partition coefficient (Wildman–Crippen LogP) is 1.79. The lowest BCUT2D eigenvalue weighted by molar-refractivity contribution is -0.00515. The van der Waals surface area contributed by atoms with Crippen LogP contribution in [0.2, 0.25) is 0 Å². The van der Waals surface area contributed by atoms with E-state index < -0.39 is 27.0 Å². The normalized spacial score (nSPS) is 12.2. The van der Waals surface area contributed by atoms with Gasteiger partial charge in [0.25, 0.3) is 0 Å². The lowest BCUT2D eigenvalue weighted by Crippen LogP contribution is -2.40. The van der Waals surface area contributed by atoms with E-state index in [1.807, 2.05) is 0 Å². The SMILES string of the molecule is CCOC(C)(C)CNS(=O)(=O)c1cccc(F)c1C#N. The van der Waals surface area contributed by atoms with Gasteiger partial charge in [-0.1, -0.05) is 6.07 Å². The van der Waals surface area contributed by atoms with Crippen molar-refractivity contribution in [3.05, 3.63) is 29.6 Å². The molecule has 0 aliphatic heterocycles. The van der Waals surface area contributed by atoms with Crippen LogP contribution >= 0.6 is 0 Å². The summed E-state index contributed by atoms with van der Waals surface area (Å²) in [4.78, 5) is -0.368. The van der Waals surface area contributed by atoms with Gasteiger partial charge in [-0.3, -0.25) is 0 Å². The fourth-order valence-electron chi connectivity index (χ4n) is 1.63. The Morgan fingerprint density at radius 2 is 2.10 bits per heavy atom. The second-order valence-electron chi connectivity index (χ2n) is 4.74. The molecule has 110 valence electrons. The van der Waals surface area contributed by atoms with Crippen molar-refractivity contribution in [2.45, 2.75) is 31.3 Å². The van der Waals surface area contributed by atoms with E-state index in [-0.39, 0.29) is 11.4 Å². The van der Waals surface area contributed by atoms with E-state index in [1.54, 1.807) is 26.8 Å². The number of ether oxygens (including phenoxy) is 1. The smallest absolute Gasteiger partial charge is 0.242 e. The molecule has 0 aliphatic rings. The molecule has 0 heterocycles. The molecule has 0 fully saturated rings. The van der Waals surface area contributed by atoms with Gasteiger partial charge < -0.3 is 4.74 Å². The molecule has 0 aliphatic carbocycles. The number of nitrogens with one attached hydrogen (secondary N) is 1.